The Morgan fingerprint density at radius 3 is 2.36 bits per heavy atom. The molecule has 1 amide bonds. The van der Waals surface area contributed by atoms with Gasteiger partial charge in [-0.25, -0.2) is 8.42 Å². The van der Waals surface area contributed by atoms with Gasteiger partial charge in [0.05, 0.1) is 22.5 Å². The molecule has 0 bridgehead atoms. The molecular formula is C21H24N4O6S2. The summed E-state index contributed by atoms with van der Waals surface area (Å²) < 4.78 is 33.8. The maximum Gasteiger partial charge on any atom is 0.314 e. The molecule has 33 heavy (non-hydrogen) atoms. The Morgan fingerprint density at radius 1 is 1.06 bits per heavy atom. The average Bonchev–Trinajstić information content (AvgIpc) is 2.78. The molecule has 0 saturated carbocycles. The number of aromatic nitrogens is 2. The first-order valence-corrected chi connectivity index (χ1v) is 12.9. The van der Waals surface area contributed by atoms with Gasteiger partial charge in [0, 0.05) is 5.69 Å². The van der Waals surface area contributed by atoms with Gasteiger partial charge in [-0.1, -0.05) is 0 Å². The van der Waals surface area contributed by atoms with Crippen LogP contribution in [0.15, 0.2) is 56.9 Å². The maximum atomic E-state index is 13.0. The molecule has 0 radical (unpaired) electrons. The highest BCUT2D eigenvalue weighted by Crippen LogP contribution is 2.18. The molecule has 0 fully saturated rings. The summed E-state index contributed by atoms with van der Waals surface area (Å²) in [6.07, 6.45) is 2.12. The van der Waals surface area contributed by atoms with Crippen molar-refractivity contribution in [3.8, 4) is 5.75 Å². The van der Waals surface area contributed by atoms with Crippen molar-refractivity contribution in [3.63, 3.8) is 0 Å². The summed E-state index contributed by atoms with van der Waals surface area (Å²) in [5, 5.41) is 2.72. The Kier molecular flexibility index (Phi) is 7.95. The lowest BCUT2D eigenvalue weighted by Gasteiger charge is -2.18. The number of aromatic amines is 2. The van der Waals surface area contributed by atoms with Crippen LogP contribution in [0.5, 0.6) is 5.75 Å². The van der Waals surface area contributed by atoms with Gasteiger partial charge in [-0.2, -0.15) is 16.5 Å². The summed E-state index contributed by atoms with van der Waals surface area (Å²) in [4.78, 5) is 40.5. The molecule has 0 aliphatic heterocycles. The molecule has 0 aliphatic rings. The third-order valence-corrected chi connectivity index (χ3v) is 6.77. The summed E-state index contributed by atoms with van der Waals surface area (Å²) >= 11 is 1.48. The van der Waals surface area contributed by atoms with Gasteiger partial charge in [0.2, 0.25) is 15.9 Å². The van der Waals surface area contributed by atoms with Gasteiger partial charge < -0.3 is 20.0 Å². The third kappa shape index (κ3) is 6.24. The molecule has 4 N–H and O–H groups in total. The summed E-state index contributed by atoms with van der Waals surface area (Å²) in [6.45, 7) is 2.38. The number of benzene rings is 2. The quantitative estimate of drug-likeness (QED) is 0.314. The van der Waals surface area contributed by atoms with Gasteiger partial charge in [-0.15, -0.1) is 0 Å². The predicted octanol–water partition coefficient (Wildman–Crippen LogP) is 1.65. The lowest BCUT2D eigenvalue weighted by atomic mass is 10.2. The van der Waals surface area contributed by atoms with Crippen LogP contribution in [0, 0.1) is 0 Å². The van der Waals surface area contributed by atoms with E-state index >= 15 is 0 Å². The number of nitrogens with one attached hydrogen (secondary N) is 4. The van der Waals surface area contributed by atoms with E-state index in [2.05, 4.69) is 20.0 Å². The van der Waals surface area contributed by atoms with E-state index in [-0.39, 0.29) is 22.3 Å². The fraction of sp³-hybridized carbons (Fsp3) is 0.286. The van der Waals surface area contributed by atoms with E-state index in [1.165, 1.54) is 30.0 Å². The van der Waals surface area contributed by atoms with Crippen molar-refractivity contribution in [1.82, 2.24) is 14.7 Å². The fourth-order valence-corrected chi connectivity index (χ4v) is 4.75. The van der Waals surface area contributed by atoms with E-state index in [0.29, 0.717) is 23.8 Å². The van der Waals surface area contributed by atoms with Crippen LogP contribution in [0.25, 0.3) is 11.0 Å². The molecule has 0 spiro atoms. The highest BCUT2D eigenvalue weighted by atomic mass is 32.2. The molecule has 0 aliphatic carbocycles. The number of thioether (sulfide) groups is 1. The normalized spacial score (nSPS) is 12.4. The van der Waals surface area contributed by atoms with Crippen LogP contribution in [0.3, 0.4) is 0 Å². The number of H-pyrrole nitrogens is 2. The zero-order valence-electron chi connectivity index (χ0n) is 18.0. The standard InChI is InChI=1S/C21H24N4O6S2/c1-3-31-14-6-4-13(5-7-14)22-19(26)17(10-11-32-2)25-33(29,30)15-8-9-16-18(12-15)24-21(28)20(27)23-16/h4-9,12,17,25H,3,10-11H2,1-2H3,(H,22,26)(H,23,27)(H,24,28). The Balaban J connectivity index is 1.82. The van der Waals surface area contributed by atoms with Crippen LogP contribution in [0.1, 0.15) is 13.3 Å². The summed E-state index contributed by atoms with van der Waals surface area (Å²) in [6, 6.07) is 9.62. The number of carbonyl (C=O) groups is 1. The van der Waals surface area contributed by atoms with Crippen molar-refractivity contribution in [2.45, 2.75) is 24.3 Å². The minimum absolute atomic E-state index is 0.152. The number of hydrogen-bond donors (Lipinski definition) is 4. The molecule has 1 atom stereocenters. The minimum Gasteiger partial charge on any atom is -0.494 e. The molecule has 1 unspecified atom stereocenters. The largest absolute Gasteiger partial charge is 0.494 e. The van der Waals surface area contributed by atoms with Crippen molar-refractivity contribution >= 4 is 44.4 Å². The van der Waals surface area contributed by atoms with Crippen LogP contribution in [-0.2, 0) is 14.8 Å². The second-order valence-electron chi connectivity index (χ2n) is 7.02. The predicted molar refractivity (Wildman–Crippen MR) is 129 cm³/mol. The molecule has 3 rings (SSSR count). The van der Waals surface area contributed by atoms with Crippen molar-refractivity contribution in [3.05, 3.63) is 63.2 Å². The smallest absolute Gasteiger partial charge is 0.314 e. The number of carbonyl (C=O) groups excluding carboxylic acids is 1. The second kappa shape index (κ2) is 10.7. The van der Waals surface area contributed by atoms with Crippen LogP contribution in [-0.4, -0.2) is 49.0 Å². The van der Waals surface area contributed by atoms with E-state index in [0.717, 1.165) is 0 Å². The van der Waals surface area contributed by atoms with Gasteiger partial charge in [0.15, 0.2) is 0 Å². The van der Waals surface area contributed by atoms with Crippen LogP contribution in [0.2, 0.25) is 0 Å². The van der Waals surface area contributed by atoms with Crippen LogP contribution < -0.4 is 25.9 Å². The van der Waals surface area contributed by atoms with Crippen molar-refractivity contribution < 1.29 is 17.9 Å². The molecular weight excluding hydrogens is 468 g/mol. The zero-order valence-corrected chi connectivity index (χ0v) is 19.6. The molecule has 1 heterocycles. The van der Waals surface area contributed by atoms with Crippen LogP contribution >= 0.6 is 11.8 Å². The average molecular weight is 493 g/mol. The summed E-state index contributed by atoms with van der Waals surface area (Å²) in [5.74, 6) is 0.706. The third-order valence-electron chi connectivity index (χ3n) is 4.66. The van der Waals surface area contributed by atoms with Gasteiger partial charge in [-0.3, -0.25) is 14.4 Å². The van der Waals surface area contributed by atoms with E-state index in [9.17, 15) is 22.8 Å². The number of anilines is 1. The Labute approximate surface area is 194 Å². The molecule has 3 aromatic rings. The molecule has 176 valence electrons. The first-order valence-electron chi connectivity index (χ1n) is 10.0. The number of amides is 1. The Bertz CT molecular complexity index is 1350. The van der Waals surface area contributed by atoms with Gasteiger partial charge in [-0.05, 0) is 67.8 Å². The lowest BCUT2D eigenvalue weighted by Crippen LogP contribution is -2.44. The Morgan fingerprint density at radius 2 is 1.73 bits per heavy atom. The van der Waals surface area contributed by atoms with E-state index in [1.807, 2.05) is 13.2 Å². The summed E-state index contributed by atoms with van der Waals surface area (Å²) in [7, 11) is -4.11. The minimum atomic E-state index is -4.11. The zero-order chi connectivity index (χ0) is 24.0. The van der Waals surface area contributed by atoms with E-state index in [1.54, 1.807) is 24.3 Å². The molecule has 1 aromatic heterocycles. The van der Waals surface area contributed by atoms with E-state index < -0.39 is 33.1 Å². The molecule has 12 heteroatoms. The second-order valence-corrected chi connectivity index (χ2v) is 9.72. The maximum absolute atomic E-state index is 13.0. The van der Waals surface area contributed by atoms with Crippen LogP contribution in [0.4, 0.5) is 5.69 Å². The van der Waals surface area contributed by atoms with Crippen molar-refractivity contribution in [2.24, 2.45) is 0 Å². The SMILES string of the molecule is CCOc1ccc(NC(=O)C(CCSC)NS(=O)(=O)c2ccc3[nH]c(=O)c(=O)[nH]c3c2)cc1. The van der Waals surface area contributed by atoms with Crippen molar-refractivity contribution in [2.75, 3.05) is 23.9 Å². The van der Waals surface area contributed by atoms with Gasteiger partial charge >= 0.3 is 11.1 Å². The van der Waals surface area contributed by atoms with Gasteiger partial charge in [0.1, 0.15) is 11.8 Å². The first-order chi connectivity index (χ1) is 15.7. The summed E-state index contributed by atoms with van der Waals surface area (Å²) in [5.41, 5.74) is -0.784. The molecule has 0 saturated heterocycles. The van der Waals surface area contributed by atoms with Crippen molar-refractivity contribution in [1.29, 1.82) is 0 Å². The number of rotatable bonds is 10. The highest BCUT2D eigenvalue weighted by molar-refractivity contribution is 7.98. The number of sulfonamides is 1. The van der Waals surface area contributed by atoms with Gasteiger partial charge in [0.25, 0.3) is 0 Å². The number of fused-ring (bicyclic) bond motifs is 1. The first kappa shape index (κ1) is 24.6. The monoisotopic (exact) mass is 492 g/mol. The fourth-order valence-electron chi connectivity index (χ4n) is 3.03. The Hall–Kier alpha value is -3.09. The molecule has 10 nitrogen and oxygen atoms in total. The van der Waals surface area contributed by atoms with E-state index in [4.69, 9.17) is 4.74 Å². The number of ether oxygens (including phenoxy) is 1. The highest BCUT2D eigenvalue weighted by Gasteiger charge is 2.26. The topological polar surface area (TPSA) is 150 Å². The molecule has 2 aromatic carbocycles. The number of hydrogen-bond acceptors (Lipinski definition) is 7. The lowest BCUT2D eigenvalue weighted by molar-refractivity contribution is -0.117.